The highest BCUT2D eigenvalue weighted by Crippen LogP contribution is 2.17. The van der Waals surface area contributed by atoms with E-state index in [0.717, 1.165) is 12.8 Å². The van der Waals surface area contributed by atoms with Crippen molar-refractivity contribution < 1.29 is 9.59 Å². The van der Waals surface area contributed by atoms with E-state index < -0.39 is 0 Å². The number of hydrogen-bond acceptors (Lipinski definition) is 2. The normalized spacial score (nSPS) is 14.9. The molecule has 0 aliphatic heterocycles. The molecule has 0 saturated heterocycles. The van der Waals surface area contributed by atoms with Crippen molar-refractivity contribution in [2.45, 2.75) is 18.9 Å². The fourth-order valence-corrected chi connectivity index (χ4v) is 0.778. The van der Waals surface area contributed by atoms with E-state index >= 15 is 0 Å². The van der Waals surface area contributed by atoms with Gasteiger partial charge in [0.15, 0.2) is 0 Å². The first-order valence-electron chi connectivity index (χ1n) is 4.34. The summed E-state index contributed by atoms with van der Waals surface area (Å²) in [6.45, 7) is 0.0611. The molecule has 3 amide bonds. The first kappa shape index (κ1) is 9.83. The molecule has 1 aliphatic rings. The quantitative estimate of drug-likeness (QED) is 0.624. The number of nitrogens with one attached hydrogen (secondary N) is 2. The molecule has 13 heavy (non-hydrogen) atoms. The minimum absolute atomic E-state index is 0.0611. The van der Waals surface area contributed by atoms with E-state index in [0.29, 0.717) is 6.04 Å². The van der Waals surface area contributed by atoms with Gasteiger partial charge in [-0.1, -0.05) is 0 Å². The largest absolute Gasteiger partial charge is 0.347 e. The molecule has 2 N–H and O–H groups in total. The molecule has 0 unspecified atom stereocenters. The monoisotopic (exact) mass is 185 g/mol. The van der Waals surface area contributed by atoms with E-state index in [9.17, 15) is 9.59 Å². The van der Waals surface area contributed by atoms with Crippen LogP contribution in [0.2, 0.25) is 0 Å². The number of rotatable bonds is 3. The van der Waals surface area contributed by atoms with Crippen LogP contribution in [-0.4, -0.2) is 43.5 Å². The molecule has 5 heteroatoms. The zero-order valence-corrected chi connectivity index (χ0v) is 7.96. The number of amides is 3. The molecule has 74 valence electrons. The Morgan fingerprint density at radius 3 is 2.46 bits per heavy atom. The Balaban J connectivity index is 2.09. The van der Waals surface area contributed by atoms with Crippen molar-refractivity contribution >= 4 is 11.9 Å². The minimum atomic E-state index is -0.252. The van der Waals surface area contributed by atoms with Gasteiger partial charge in [0, 0.05) is 20.1 Å². The highest BCUT2D eigenvalue weighted by molar-refractivity contribution is 5.83. The highest BCUT2D eigenvalue weighted by atomic mass is 16.2. The lowest BCUT2D eigenvalue weighted by molar-refractivity contribution is -0.127. The van der Waals surface area contributed by atoms with Crippen LogP contribution in [0.4, 0.5) is 4.79 Å². The maximum Gasteiger partial charge on any atom is 0.315 e. The molecular formula is C8H15N3O2. The first-order chi connectivity index (χ1) is 6.09. The number of urea groups is 1. The number of carbonyl (C=O) groups excluding carboxylic acids is 2. The molecule has 1 aliphatic carbocycles. The van der Waals surface area contributed by atoms with Crippen LogP contribution < -0.4 is 10.6 Å². The Labute approximate surface area is 77.5 Å². The van der Waals surface area contributed by atoms with Crippen LogP contribution in [0.5, 0.6) is 0 Å². The lowest BCUT2D eigenvalue weighted by Gasteiger charge is -2.11. The second-order valence-electron chi connectivity index (χ2n) is 3.39. The zero-order chi connectivity index (χ0) is 9.84. The summed E-state index contributed by atoms with van der Waals surface area (Å²) in [6, 6.07) is 0.0761. The molecule has 1 fully saturated rings. The van der Waals surface area contributed by atoms with Gasteiger partial charge in [0.2, 0.25) is 5.91 Å². The maximum atomic E-state index is 11.0. The Morgan fingerprint density at radius 2 is 2.00 bits per heavy atom. The zero-order valence-electron chi connectivity index (χ0n) is 7.96. The van der Waals surface area contributed by atoms with Crippen molar-refractivity contribution in [3.8, 4) is 0 Å². The summed E-state index contributed by atoms with van der Waals surface area (Å²) in [5.74, 6) is -0.106. The molecule has 0 atom stereocenters. The van der Waals surface area contributed by atoms with Crippen molar-refractivity contribution in [2.75, 3.05) is 20.6 Å². The van der Waals surface area contributed by atoms with Crippen molar-refractivity contribution in [2.24, 2.45) is 0 Å². The van der Waals surface area contributed by atoms with Crippen LogP contribution in [-0.2, 0) is 4.79 Å². The van der Waals surface area contributed by atoms with Gasteiger partial charge in [0.05, 0.1) is 6.54 Å². The van der Waals surface area contributed by atoms with Crippen LogP contribution in [0.15, 0.2) is 0 Å². The van der Waals surface area contributed by atoms with E-state index in [1.54, 1.807) is 14.1 Å². The third-order valence-corrected chi connectivity index (χ3v) is 1.81. The van der Waals surface area contributed by atoms with Crippen LogP contribution in [0.1, 0.15) is 12.8 Å². The van der Waals surface area contributed by atoms with Gasteiger partial charge in [-0.05, 0) is 12.8 Å². The summed E-state index contributed by atoms with van der Waals surface area (Å²) >= 11 is 0. The molecule has 0 aromatic carbocycles. The predicted molar refractivity (Wildman–Crippen MR) is 48.3 cm³/mol. The molecule has 0 spiro atoms. The average Bonchev–Trinajstić information content (AvgIpc) is 2.83. The van der Waals surface area contributed by atoms with Crippen LogP contribution in [0.25, 0.3) is 0 Å². The van der Waals surface area contributed by atoms with Gasteiger partial charge in [0.1, 0.15) is 0 Å². The Hall–Kier alpha value is -1.26. The van der Waals surface area contributed by atoms with Gasteiger partial charge in [-0.2, -0.15) is 0 Å². The van der Waals surface area contributed by atoms with Gasteiger partial charge in [-0.15, -0.1) is 0 Å². The fourth-order valence-electron chi connectivity index (χ4n) is 0.778. The number of likely N-dealkylation sites (N-methyl/N-ethyl adjacent to an activating group) is 1. The summed E-state index contributed by atoms with van der Waals surface area (Å²) in [7, 11) is 3.31. The fraction of sp³-hybridized carbons (Fsp3) is 0.750. The molecule has 1 rings (SSSR count). The van der Waals surface area contributed by atoms with Crippen LogP contribution in [0.3, 0.4) is 0 Å². The lowest BCUT2D eigenvalue weighted by Crippen LogP contribution is -2.42. The molecule has 1 saturated carbocycles. The minimum Gasteiger partial charge on any atom is -0.347 e. The number of nitrogens with zero attached hydrogens (tertiary/aromatic N) is 1. The predicted octanol–water partition coefficient (Wildman–Crippen LogP) is -0.464. The van der Waals surface area contributed by atoms with E-state index in [1.807, 2.05) is 0 Å². The van der Waals surface area contributed by atoms with Crippen LogP contribution >= 0.6 is 0 Å². The third kappa shape index (κ3) is 3.78. The summed E-state index contributed by atoms with van der Waals surface area (Å²) in [6.07, 6.45) is 2.10. The molecule has 0 aromatic heterocycles. The van der Waals surface area contributed by atoms with Crippen molar-refractivity contribution in [1.82, 2.24) is 15.5 Å². The van der Waals surface area contributed by atoms with Crippen molar-refractivity contribution in [3.63, 3.8) is 0 Å². The van der Waals surface area contributed by atoms with Gasteiger partial charge in [-0.25, -0.2) is 4.79 Å². The lowest BCUT2D eigenvalue weighted by atomic mass is 10.5. The molecular weight excluding hydrogens is 170 g/mol. The standard InChI is InChI=1S/C8H15N3O2/c1-11(2)7(12)5-9-8(13)10-6-3-4-6/h6H,3-5H2,1-2H3,(H2,9,10,13). The summed E-state index contributed by atoms with van der Waals surface area (Å²) < 4.78 is 0. The molecule has 0 heterocycles. The molecule has 0 aromatic rings. The summed E-state index contributed by atoms with van der Waals surface area (Å²) in [5, 5.41) is 5.22. The Bertz CT molecular complexity index is 211. The maximum absolute atomic E-state index is 11.0. The second-order valence-corrected chi connectivity index (χ2v) is 3.39. The Kier molecular flexibility index (Phi) is 3.11. The Morgan fingerprint density at radius 1 is 1.38 bits per heavy atom. The topological polar surface area (TPSA) is 61.4 Å². The number of carbonyl (C=O) groups is 2. The van der Waals surface area contributed by atoms with Gasteiger partial charge in [-0.3, -0.25) is 4.79 Å². The second kappa shape index (κ2) is 4.11. The van der Waals surface area contributed by atoms with E-state index in [4.69, 9.17) is 0 Å². The average molecular weight is 185 g/mol. The summed E-state index contributed by atoms with van der Waals surface area (Å²) in [5.41, 5.74) is 0. The van der Waals surface area contributed by atoms with E-state index in [1.165, 1.54) is 4.90 Å². The van der Waals surface area contributed by atoms with Gasteiger partial charge < -0.3 is 15.5 Å². The van der Waals surface area contributed by atoms with Crippen molar-refractivity contribution in [1.29, 1.82) is 0 Å². The van der Waals surface area contributed by atoms with Crippen LogP contribution in [0, 0.1) is 0 Å². The highest BCUT2D eigenvalue weighted by Gasteiger charge is 2.23. The van der Waals surface area contributed by atoms with Gasteiger partial charge >= 0.3 is 6.03 Å². The molecule has 5 nitrogen and oxygen atoms in total. The molecule has 0 bridgehead atoms. The smallest absolute Gasteiger partial charge is 0.315 e. The third-order valence-electron chi connectivity index (χ3n) is 1.81. The van der Waals surface area contributed by atoms with Crippen molar-refractivity contribution in [3.05, 3.63) is 0 Å². The number of hydrogen-bond donors (Lipinski definition) is 2. The molecule has 0 radical (unpaired) electrons. The first-order valence-corrected chi connectivity index (χ1v) is 4.34. The summed E-state index contributed by atoms with van der Waals surface area (Å²) in [4.78, 5) is 23.5. The SMILES string of the molecule is CN(C)C(=O)CNC(=O)NC1CC1. The van der Waals surface area contributed by atoms with E-state index in [-0.39, 0.29) is 18.5 Å². The van der Waals surface area contributed by atoms with Gasteiger partial charge in [0.25, 0.3) is 0 Å². The van der Waals surface area contributed by atoms with E-state index in [2.05, 4.69) is 10.6 Å².